The number of halogens is 1. The van der Waals surface area contributed by atoms with Gasteiger partial charge < -0.3 is 9.67 Å². The fourth-order valence-corrected chi connectivity index (χ4v) is 2.58. The molecule has 0 radical (unpaired) electrons. The Bertz CT molecular complexity index is 640. The highest BCUT2D eigenvalue weighted by molar-refractivity contribution is 9.10. The van der Waals surface area contributed by atoms with Gasteiger partial charge in [-0.05, 0) is 30.2 Å². The minimum absolute atomic E-state index is 0.0914. The molecule has 0 aliphatic heterocycles. The lowest BCUT2D eigenvalue weighted by atomic mass is 10.1. The van der Waals surface area contributed by atoms with Crippen molar-refractivity contribution in [2.45, 2.75) is 32.4 Å². The lowest BCUT2D eigenvalue weighted by Gasteiger charge is -2.07. The van der Waals surface area contributed by atoms with Gasteiger partial charge in [0, 0.05) is 28.5 Å². The monoisotopic (exact) mass is 352 g/mol. The number of nitro groups is 1. The van der Waals surface area contributed by atoms with Crippen LogP contribution in [0.1, 0.15) is 37.0 Å². The molecule has 2 aromatic rings. The summed E-state index contributed by atoms with van der Waals surface area (Å²) in [7, 11) is 0. The van der Waals surface area contributed by atoms with Crippen molar-refractivity contribution in [1.82, 2.24) is 4.57 Å². The molecule has 1 atom stereocenters. The van der Waals surface area contributed by atoms with E-state index in [4.69, 9.17) is 0 Å². The molecule has 112 valence electrons. The number of hydrogen-bond donors (Lipinski definition) is 1. The van der Waals surface area contributed by atoms with Crippen molar-refractivity contribution in [2.75, 3.05) is 0 Å². The zero-order chi connectivity index (χ0) is 15.4. The van der Waals surface area contributed by atoms with Crippen molar-refractivity contribution < 1.29 is 10.0 Å². The average Bonchev–Trinajstić information content (AvgIpc) is 2.89. The molecule has 21 heavy (non-hydrogen) atoms. The van der Waals surface area contributed by atoms with Crippen molar-refractivity contribution in [3.05, 3.63) is 62.4 Å². The fraction of sp³-hybridized carbons (Fsp3) is 0.333. The maximum atomic E-state index is 11.1. The molecule has 0 amide bonds. The largest absolute Gasteiger partial charge is 0.388 e. The Morgan fingerprint density at radius 2 is 2.19 bits per heavy atom. The van der Waals surface area contributed by atoms with E-state index in [2.05, 4.69) is 15.9 Å². The van der Waals surface area contributed by atoms with Gasteiger partial charge in [-0.25, -0.2) is 0 Å². The van der Waals surface area contributed by atoms with Crippen LogP contribution in [0.5, 0.6) is 0 Å². The Kier molecular flexibility index (Phi) is 5.14. The van der Waals surface area contributed by atoms with Crippen molar-refractivity contribution >= 4 is 21.6 Å². The molecular weight excluding hydrogens is 336 g/mol. The van der Waals surface area contributed by atoms with Gasteiger partial charge in [0.05, 0.1) is 17.6 Å². The lowest BCUT2D eigenvalue weighted by molar-refractivity contribution is -0.385. The van der Waals surface area contributed by atoms with E-state index >= 15 is 0 Å². The van der Waals surface area contributed by atoms with Crippen LogP contribution < -0.4 is 0 Å². The van der Waals surface area contributed by atoms with Gasteiger partial charge >= 0.3 is 0 Å². The molecule has 0 aliphatic carbocycles. The predicted octanol–water partition coefficient (Wildman–Crippen LogP) is 4.04. The Labute approximate surface area is 131 Å². The first-order valence-electron chi connectivity index (χ1n) is 6.77. The van der Waals surface area contributed by atoms with Crippen molar-refractivity contribution in [2.24, 2.45) is 0 Å². The topological polar surface area (TPSA) is 68.3 Å². The molecule has 0 saturated heterocycles. The summed E-state index contributed by atoms with van der Waals surface area (Å²) < 4.78 is 2.54. The van der Waals surface area contributed by atoms with Crippen LogP contribution in [0.25, 0.3) is 0 Å². The fourth-order valence-electron chi connectivity index (χ4n) is 2.23. The SMILES string of the molecule is CCCC(O)c1ccn(Cc2ccc(Br)cc2[N+](=O)[O-])c1. The van der Waals surface area contributed by atoms with Crippen molar-refractivity contribution in [3.8, 4) is 0 Å². The summed E-state index contributed by atoms with van der Waals surface area (Å²) in [5.41, 5.74) is 1.57. The zero-order valence-corrected chi connectivity index (χ0v) is 13.3. The summed E-state index contributed by atoms with van der Waals surface area (Å²) in [5, 5.41) is 21.0. The first kappa shape index (κ1) is 15.7. The quantitative estimate of drug-likeness (QED) is 0.629. The third kappa shape index (κ3) is 3.92. The lowest BCUT2D eigenvalue weighted by Crippen LogP contribution is -2.02. The van der Waals surface area contributed by atoms with Gasteiger partial charge in [-0.1, -0.05) is 29.3 Å². The molecule has 0 spiro atoms. The molecule has 1 aromatic heterocycles. The van der Waals surface area contributed by atoms with E-state index in [1.807, 2.05) is 30.0 Å². The van der Waals surface area contributed by atoms with Crippen LogP contribution in [-0.2, 0) is 6.54 Å². The van der Waals surface area contributed by atoms with Crippen LogP contribution in [0, 0.1) is 10.1 Å². The normalized spacial score (nSPS) is 12.3. The standard InChI is InChI=1S/C15H17BrN2O3/c1-2-3-15(19)12-6-7-17(10-12)9-11-4-5-13(16)8-14(11)18(20)21/h4-8,10,15,19H,2-3,9H2,1H3. The molecule has 0 saturated carbocycles. The highest BCUT2D eigenvalue weighted by atomic mass is 79.9. The second kappa shape index (κ2) is 6.87. The Hall–Kier alpha value is -1.66. The molecule has 6 heteroatoms. The van der Waals surface area contributed by atoms with E-state index in [1.54, 1.807) is 12.1 Å². The van der Waals surface area contributed by atoms with E-state index < -0.39 is 6.10 Å². The van der Waals surface area contributed by atoms with Crippen LogP contribution in [0.3, 0.4) is 0 Å². The number of benzene rings is 1. The minimum Gasteiger partial charge on any atom is -0.388 e. The summed E-state index contributed by atoms with van der Waals surface area (Å²) in [6.45, 7) is 2.42. The average molecular weight is 353 g/mol. The van der Waals surface area contributed by atoms with Gasteiger partial charge in [-0.15, -0.1) is 0 Å². The summed E-state index contributed by atoms with van der Waals surface area (Å²) in [4.78, 5) is 10.7. The van der Waals surface area contributed by atoms with E-state index in [-0.39, 0.29) is 10.6 Å². The third-order valence-electron chi connectivity index (χ3n) is 3.32. The second-order valence-corrected chi connectivity index (χ2v) is 5.87. The zero-order valence-electron chi connectivity index (χ0n) is 11.7. The summed E-state index contributed by atoms with van der Waals surface area (Å²) >= 11 is 3.25. The third-order valence-corrected chi connectivity index (χ3v) is 3.81. The number of aliphatic hydroxyl groups is 1. The van der Waals surface area contributed by atoms with E-state index in [0.717, 1.165) is 12.0 Å². The smallest absolute Gasteiger partial charge is 0.275 e. The Balaban J connectivity index is 2.21. The van der Waals surface area contributed by atoms with Gasteiger partial charge in [0.25, 0.3) is 5.69 Å². The molecule has 0 fully saturated rings. The molecule has 1 N–H and O–H groups in total. The Morgan fingerprint density at radius 3 is 2.86 bits per heavy atom. The summed E-state index contributed by atoms with van der Waals surface area (Å²) in [6, 6.07) is 6.89. The molecular formula is C15H17BrN2O3. The van der Waals surface area contributed by atoms with E-state index in [9.17, 15) is 15.2 Å². The van der Waals surface area contributed by atoms with Crippen molar-refractivity contribution in [3.63, 3.8) is 0 Å². The van der Waals surface area contributed by atoms with Crippen LogP contribution in [0.4, 0.5) is 5.69 Å². The van der Waals surface area contributed by atoms with Crippen molar-refractivity contribution in [1.29, 1.82) is 0 Å². The highest BCUT2D eigenvalue weighted by Gasteiger charge is 2.15. The van der Waals surface area contributed by atoms with Gasteiger partial charge in [-0.2, -0.15) is 0 Å². The first-order chi connectivity index (χ1) is 10.0. The van der Waals surface area contributed by atoms with E-state index in [1.165, 1.54) is 6.07 Å². The molecule has 1 unspecified atom stereocenters. The Morgan fingerprint density at radius 1 is 1.43 bits per heavy atom. The molecule has 2 rings (SSSR count). The van der Waals surface area contributed by atoms with Gasteiger partial charge in [0.1, 0.15) is 0 Å². The molecule has 0 bridgehead atoms. The van der Waals surface area contributed by atoms with Gasteiger partial charge in [-0.3, -0.25) is 10.1 Å². The number of nitro benzene ring substituents is 1. The van der Waals surface area contributed by atoms with Crippen LogP contribution in [-0.4, -0.2) is 14.6 Å². The van der Waals surface area contributed by atoms with Gasteiger partial charge in [0.2, 0.25) is 0 Å². The second-order valence-electron chi connectivity index (χ2n) is 4.95. The maximum Gasteiger partial charge on any atom is 0.275 e. The number of aromatic nitrogens is 1. The number of rotatable bonds is 6. The highest BCUT2D eigenvalue weighted by Crippen LogP contribution is 2.25. The van der Waals surface area contributed by atoms with Crippen LogP contribution >= 0.6 is 15.9 Å². The molecule has 5 nitrogen and oxygen atoms in total. The van der Waals surface area contributed by atoms with Crippen LogP contribution in [0.2, 0.25) is 0 Å². The minimum atomic E-state index is -0.476. The molecule has 1 aromatic carbocycles. The van der Waals surface area contributed by atoms with Crippen LogP contribution in [0.15, 0.2) is 41.1 Å². The number of hydrogen-bond acceptors (Lipinski definition) is 3. The molecule has 1 heterocycles. The first-order valence-corrected chi connectivity index (χ1v) is 7.57. The molecule has 0 aliphatic rings. The predicted molar refractivity (Wildman–Crippen MR) is 84.2 cm³/mol. The van der Waals surface area contributed by atoms with E-state index in [0.29, 0.717) is 23.0 Å². The summed E-state index contributed by atoms with van der Waals surface area (Å²) in [5.74, 6) is 0. The number of nitrogens with zero attached hydrogens (tertiary/aromatic N) is 2. The number of aliphatic hydroxyl groups excluding tert-OH is 1. The maximum absolute atomic E-state index is 11.1. The van der Waals surface area contributed by atoms with Gasteiger partial charge in [0.15, 0.2) is 0 Å². The summed E-state index contributed by atoms with van der Waals surface area (Å²) in [6.07, 6.45) is 4.81.